The summed E-state index contributed by atoms with van der Waals surface area (Å²) in [6, 6.07) is 6.20. The average Bonchev–Trinajstić information content (AvgIpc) is 2.27. The van der Waals surface area contributed by atoms with E-state index < -0.39 is 18.1 Å². The second-order valence-electron chi connectivity index (χ2n) is 4.13. The molecule has 0 aliphatic heterocycles. The summed E-state index contributed by atoms with van der Waals surface area (Å²) in [5.41, 5.74) is 5.12. The monoisotopic (exact) mass is 258 g/mol. The summed E-state index contributed by atoms with van der Waals surface area (Å²) < 4.78 is 28.6. The van der Waals surface area contributed by atoms with Gasteiger partial charge in [0.05, 0.1) is 0 Å². The standard InChI is InChI=1S/C12H16F2N2O2/c1-12(16-2,7-10(15)17)8-4-3-5-9(6-8)18-11(13)14/h3-6,11,16H,7H2,1-2H3,(H2,15,17). The molecule has 0 aromatic heterocycles. The molecule has 0 saturated carbocycles. The van der Waals surface area contributed by atoms with Crippen LogP contribution in [0.4, 0.5) is 8.78 Å². The number of carbonyl (C=O) groups is 1. The lowest BCUT2D eigenvalue weighted by Gasteiger charge is -2.28. The maximum atomic E-state index is 12.1. The Morgan fingerprint density at radius 2 is 2.22 bits per heavy atom. The number of amides is 1. The number of benzene rings is 1. The van der Waals surface area contributed by atoms with Gasteiger partial charge in [0.15, 0.2) is 0 Å². The van der Waals surface area contributed by atoms with E-state index in [9.17, 15) is 13.6 Å². The highest BCUT2D eigenvalue weighted by Gasteiger charge is 2.27. The fourth-order valence-corrected chi connectivity index (χ4v) is 1.70. The number of halogens is 2. The second kappa shape index (κ2) is 5.77. The molecule has 1 unspecified atom stereocenters. The largest absolute Gasteiger partial charge is 0.435 e. The molecule has 1 atom stereocenters. The van der Waals surface area contributed by atoms with Gasteiger partial charge >= 0.3 is 6.61 Å². The van der Waals surface area contributed by atoms with Crippen LogP contribution in [-0.2, 0) is 10.3 Å². The first-order valence-electron chi connectivity index (χ1n) is 5.40. The summed E-state index contributed by atoms with van der Waals surface area (Å²) in [6.45, 7) is -1.11. The number of nitrogens with two attached hydrogens (primary N) is 1. The lowest BCUT2D eigenvalue weighted by molar-refractivity contribution is -0.119. The molecule has 1 amide bonds. The molecule has 0 aliphatic carbocycles. The van der Waals surface area contributed by atoms with Crippen molar-refractivity contribution in [3.8, 4) is 5.75 Å². The van der Waals surface area contributed by atoms with E-state index in [1.54, 1.807) is 26.1 Å². The Bertz CT molecular complexity index is 426. The molecule has 0 aliphatic rings. The van der Waals surface area contributed by atoms with Crippen LogP contribution in [0.25, 0.3) is 0 Å². The lowest BCUT2D eigenvalue weighted by Crippen LogP contribution is -2.40. The maximum absolute atomic E-state index is 12.1. The molecule has 18 heavy (non-hydrogen) atoms. The van der Waals surface area contributed by atoms with Gasteiger partial charge in [-0.15, -0.1) is 0 Å². The number of primary amides is 1. The number of carbonyl (C=O) groups excluding carboxylic acids is 1. The third kappa shape index (κ3) is 3.66. The summed E-state index contributed by atoms with van der Waals surface area (Å²) >= 11 is 0. The third-order valence-electron chi connectivity index (χ3n) is 2.78. The molecule has 100 valence electrons. The van der Waals surface area contributed by atoms with Crippen LogP contribution < -0.4 is 15.8 Å². The van der Waals surface area contributed by atoms with Gasteiger partial charge in [0, 0.05) is 12.0 Å². The van der Waals surface area contributed by atoms with Gasteiger partial charge in [0.1, 0.15) is 5.75 Å². The first-order chi connectivity index (χ1) is 8.37. The van der Waals surface area contributed by atoms with E-state index in [0.29, 0.717) is 5.56 Å². The molecule has 4 nitrogen and oxygen atoms in total. The highest BCUT2D eigenvalue weighted by molar-refractivity contribution is 5.75. The predicted octanol–water partition coefficient (Wildman–Crippen LogP) is 1.60. The Hall–Kier alpha value is -1.69. The minimum absolute atomic E-state index is 0.0495. The van der Waals surface area contributed by atoms with Gasteiger partial charge in [-0.2, -0.15) is 8.78 Å². The number of alkyl halides is 2. The van der Waals surface area contributed by atoms with Crippen LogP contribution in [0.5, 0.6) is 5.75 Å². The van der Waals surface area contributed by atoms with Crippen LogP contribution in [0.2, 0.25) is 0 Å². The van der Waals surface area contributed by atoms with E-state index in [0.717, 1.165) is 0 Å². The Labute approximate surface area is 104 Å². The van der Waals surface area contributed by atoms with Crippen molar-refractivity contribution in [2.45, 2.75) is 25.5 Å². The number of hydrogen-bond acceptors (Lipinski definition) is 3. The summed E-state index contributed by atoms with van der Waals surface area (Å²) in [6.07, 6.45) is 0.0572. The molecule has 0 saturated heterocycles. The zero-order chi connectivity index (χ0) is 13.8. The minimum atomic E-state index is -2.88. The molecule has 0 spiro atoms. The van der Waals surface area contributed by atoms with Crippen molar-refractivity contribution >= 4 is 5.91 Å². The van der Waals surface area contributed by atoms with Crippen molar-refractivity contribution in [1.29, 1.82) is 0 Å². The van der Waals surface area contributed by atoms with E-state index in [2.05, 4.69) is 10.1 Å². The van der Waals surface area contributed by atoms with E-state index in [4.69, 9.17) is 5.73 Å². The topological polar surface area (TPSA) is 64.3 Å². The Balaban J connectivity index is 3.02. The van der Waals surface area contributed by atoms with Crippen molar-refractivity contribution in [2.75, 3.05) is 7.05 Å². The minimum Gasteiger partial charge on any atom is -0.435 e. The van der Waals surface area contributed by atoms with Crippen LogP contribution >= 0.6 is 0 Å². The first kappa shape index (κ1) is 14.4. The van der Waals surface area contributed by atoms with E-state index >= 15 is 0 Å². The zero-order valence-electron chi connectivity index (χ0n) is 10.2. The van der Waals surface area contributed by atoms with Gasteiger partial charge < -0.3 is 15.8 Å². The fourth-order valence-electron chi connectivity index (χ4n) is 1.70. The molecule has 1 aromatic rings. The van der Waals surface area contributed by atoms with Crippen molar-refractivity contribution < 1.29 is 18.3 Å². The number of ether oxygens (including phenoxy) is 1. The quantitative estimate of drug-likeness (QED) is 0.814. The van der Waals surface area contributed by atoms with Crippen molar-refractivity contribution in [3.63, 3.8) is 0 Å². The molecule has 1 rings (SSSR count). The van der Waals surface area contributed by atoms with Gasteiger partial charge in [0.25, 0.3) is 0 Å². The maximum Gasteiger partial charge on any atom is 0.387 e. The average molecular weight is 258 g/mol. The smallest absolute Gasteiger partial charge is 0.387 e. The summed E-state index contributed by atoms with van der Waals surface area (Å²) in [4.78, 5) is 11.0. The van der Waals surface area contributed by atoms with Crippen molar-refractivity contribution in [3.05, 3.63) is 29.8 Å². The third-order valence-corrected chi connectivity index (χ3v) is 2.78. The molecule has 0 heterocycles. The first-order valence-corrected chi connectivity index (χ1v) is 5.40. The van der Waals surface area contributed by atoms with Crippen LogP contribution in [0, 0.1) is 0 Å². The molecule has 3 N–H and O–H groups in total. The van der Waals surface area contributed by atoms with E-state index in [-0.39, 0.29) is 12.2 Å². The van der Waals surface area contributed by atoms with Gasteiger partial charge in [-0.3, -0.25) is 4.79 Å². The summed E-state index contributed by atoms with van der Waals surface area (Å²) in [5, 5.41) is 2.96. The Kier molecular flexibility index (Phi) is 4.61. The molecule has 1 aromatic carbocycles. The Morgan fingerprint density at radius 3 is 2.72 bits per heavy atom. The molecule has 0 bridgehead atoms. The van der Waals surface area contributed by atoms with Gasteiger partial charge in [-0.1, -0.05) is 12.1 Å². The van der Waals surface area contributed by atoms with E-state index in [1.807, 2.05) is 0 Å². The number of rotatable bonds is 6. The fraction of sp³-hybridized carbons (Fsp3) is 0.417. The predicted molar refractivity (Wildman–Crippen MR) is 63.3 cm³/mol. The number of nitrogens with one attached hydrogen (secondary N) is 1. The second-order valence-corrected chi connectivity index (χ2v) is 4.13. The normalized spacial score (nSPS) is 14.3. The molecule has 6 heteroatoms. The van der Waals surface area contributed by atoms with Crippen LogP contribution in [0.3, 0.4) is 0 Å². The highest BCUT2D eigenvalue weighted by atomic mass is 19.3. The van der Waals surface area contributed by atoms with Gasteiger partial charge in [-0.25, -0.2) is 0 Å². The van der Waals surface area contributed by atoms with Crippen LogP contribution in [-0.4, -0.2) is 19.6 Å². The van der Waals surface area contributed by atoms with Crippen LogP contribution in [0.1, 0.15) is 18.9 Å². The molecule has 0 fully saturated rings. The summed E-state index contributed by atoms with van der Waals surface area (Å²) in [7, 11) is 1.67. The molecular formula is C12H16F2N2O2. The zero-order valence-corrected chi connectivity index (χ0v) is 10.2. The molecular weight excluding hydrogens is 242 g/mol. The molecule has 0 radical (unpaired) electrons. The lowest BCUT2D eigenvalue weighted by atomic mass is 9.88. The van der Waals surface area contributed by atoms with Gasteiger partial charge in [-0.05, 0) is 31.7 Å². The van der Waals surface area contributed by atoms with Crippen molar-refractivity contribution in [2.24, 2.45) is 5.73 Å². The highest BCUT2D eigenvalue weighted by Crippen LogP contribution is 2.27. The Morgan fingerprint density at radius 1 is 1.56 bits per heavy atom. The SMILES string of the molecule is CNC(C)(CC(N)=O)c1cccc(OC(F)F)c1. The van der Waals surface area contributed by atoms with Gasteiger partial charge in [0.2, 0.25) is 5.91 Å². The number of hydrogen-bond donors (Lipinski definition) is 2. The van der Waals surface area contributed by atoms with Crippen LogP contribution in [0.15, 0.2) is 24.3 Å². The summed E-state index contributed by atoms with van der Waals surface area (Å²) in [5.74, 6) is -0.430. The van der Waals surface area contributed by atoms with E-state index in [1.165, 1.54) is 12.1 Å². The van der Waals surface area contributed by atoms with Crippen molar-refractivity contribution in [1.82, 2.24) is 5.32 Å².